The van der Waals surface area contributed by atoms with Crippen molar-refractivity contribution in [1.29, 1.82) is 10.5 Å². The molecule has 0 aliphatic heterocycles. The summed E-state index contributed by atoms with van der Waals surface area (Å²) in [4.78, 5) is 0. The van der Waals surface area contributed by atoms with E-state index in [0.29, 0.717) is 12.0 Å². The number of rotatable bonds is 1. The third-order valence-electron chi connectivity index (χ3n) is 3.74. The van der Waals surface area contributed by atoms with Gasteiger partial charge in [-0.1, -0.05) is 57.2 Å². The molecule has 2 nitrogen and oxygen atoms in total. The van der Waals surface area contributed by atoms with Crippen molar-refractivity contribution in [2.75, 3.05) is 0 Å². The van der Waals surface area contributed by atoms with Crippen molar-refractivity contribution in [3.8, 4) is 12.1 Å². The summed E-state index contributed by atoms with van der Waals surface area (Å²) in [7, 11) is 0. The molecule has 0 saturated heterocycles. The fourth-order valence-electron chi connectivity index (χ4n) is 2.59. The van der Waals surface area contributed by atoms with Gasteiger partial charge in [0, 0.05) is 5.57 Å². The topological polar surface area (TPSA) is 47.6 Å². The predicted molar refractivity (Wildman–Crippen MR) is 79.9 cm³/mol. The molecule has 1 unspecified atom stereocenters. The maximum atomic E-state index is 9.73. The van der Waals surface area contributed by atoms with E-state index >= 15 is 0 Å². The van der Waals surface area contributed by atoms with Crippen molar-refractivity contribution >= 4 is 0 Å². The summed E-state index contributed by atoms with van der Waals surface area (Å²) >= 11 is 0. The average Bonchev–Trinajstić information content (AvgIpc) is 2.46. The first kappa shape index (κ1) is 14.1. The summed E-state index contributed by atoms with van der Waals surface area (Å²) in [5.41, 5.74) is 2.17. The molecule has 1 aromatic carbocycles. The Bertz CT molecular complexity index is 660. The Balaban J connectivity index is 2.57. The van der Waals surface area contributed by atoms with Crippen molar-refractivity contribution in [3.05, 3.63) is 59.2 Å². The lowest BCUT2D eigenvalue weighted by atomic mass is 9.70. The van der Waals surface area contributed by atoms with Crippen molar-refractivity contribution in [3.63, 3.8) is 0 Å². The fourth-order valence-corrected chi connectivity index (χ4v) is 2.59. The van der Waals surface area contributed by atoms with Gasteiger partial charge in [0.15, 0.2) is 0 Å². The monoisotopic (exact) mass is 262 g/mol. The Morgan fingerprint density at radius 2 is 1.85 bits per heavy atom. The summed E-state index contributed by atoms with van der Waals surface area (Å²) in [6.45, 7) is 6.46. The fraction of sp³-hybridized carbons (Fsp3) is 0.333. The van der Waals surface area contributed by atoms with E-state index in [1.165, 1.54) is 5.56 Å². The van der Waals surface area contributed by atoms with Crippen molar-refractivity contribution in [2.24, 2.45) is 0 Å². The maximum absolute atomic E-state index is 9.73. The van der Waals surface area contributed by atoms with Crippen molar-refractivity contribution < 1.29 is 0 Å². The largest absolute Gasteiger partial charge is 0.197 e. The molecular weight excluding hydrogens is 244 g/mol. The second-order valence-electron chi connectivity index (χ2n) is 6.19. The van der Waals surface area contributed by atoms with Gasteiger partial charge < -0.3 is 0 Å². The molecule has 0 N–H and O–H groups in total. The molecule has 0 amide bonds. The first-order valence-electron chi connectivity index (χ1n) is 6.74. The van der Waals surface area contributed by atoms with Gasteiger partial charge in [0.05, 0.1) is 12.1 Å². The lowest BCUT2D eigenvalue weighted by Gasteiger charge is -2.31. The lowest BCUT2D eigenvalue weighted by molar-refractivity contribution is 0.562. The number of benzene rings is 1. The molecule has 2 rings (SSSR count). The third kappa shape index (κ3) is 2.38. The van der Waals surface area contributed by atoms with Crippen LogP contribution in [0.2, 0.25) is 0 Å². The molecule has 100 valence electrons. The normalized spacial score (nSPS) is 21.8. The van der Waals surface area contributed by atoms with Gasteiger partial charge in [0.2, 0.25) is 0 Å². The van der Waals surface area contributed by atoms with E-state index in [9.17, 15) is 5.26 Å². The molecule has 20 heavy (non-hydrogen) atoms. The first-order valence-corrected chi connectivity index (χ1v) is 6.74. The zero-order valence-electron chi connectivity index (χ0n) is 12.1. The van der Waals surface area contributed by atoms with Crippen LogP contribution in [0.4, 0.5) is 0 Å². The van der Waals surface area contributed by atoms with Crippen LogP contribution in [0.15, 0.2) is 48.1 Å². The Morgan fingerprint density at radius 3 is 2.35 bits per heavy atom. The number of allylic oxidation sites excluding steroid dienone is 4. The van der Waals surface area contributed by atoms with Crippen molar-refractivity contribution in [1.82, 2.24) is 0 Å². The number of hydrogen-bond acceptors (Lipinski definition) is 2. The SMILES string of the molecule is CC(C)(C)c1ccccc1C1(C#N)C=CC(C#N)=CC1. The minimum atomic E-state index is -0.662. The van der Waals surface area contributed by atoms with Gasteiger partial charge in [0.1, 0.15) is 5.41 Å². The second-order valence-corrected chi connectivity index (χ2v) is 6.19. The van der Waals surface area contributed by atoms with Gasteiger partial charge in [-0.3, -0.25) is 0 Å². The minimum absolute atomic E-state index is 0.0203. The van der Waals surface area contributed by atoms with Crippen LogP contribution in [0.25, 0.3) is 0 Å². The van der Waals surface area contributed by atoms with Gasteiger partial charge >= 0.3 is 0 Å². The van der Waals surface area contributed by atoms with E-state index in [1.807, 2.05) is 30.4 Å². The number of hydrogen-bond donors (Lipinski definition) is 0. The Morgan fingerprint density at radius 1 is 1.15 bits per heavy atom. The quantitative estimate of drug-likeness (QED) is 0.763. The standard InChI is InChI=1S/C18H18N2/c1-17(2,3)15-6-4-5-7-16(15)18(13-20)10-8-14(12-19)9-11-18/h4-10H,11H2,1-3H3. The van der Waals surface area contributed by atoms with Gasteiger partial charge in [-0.25, -0.2) is 0 Å². The van der Waals surface area contributed by atoms with E-state index in [-0.39, 0.29) is 5.41 Å². The maximum Gasteiger partial charge on any atom is 0.104 e. The van der Waals surface area contributed by atoms with E-state index < -0.39 is 5.41 Å². The summed E-state index contributed by atoms with van der Waals surface area (Å²) in [5.74, 6) is 0. The van der Waals surface area contributed by atoms with E-state index in [4.69, 9.17) is 5.26 Å². The molecule has 2 heteroatoms. The molecule has 1 atom stereocenters. The summed E-state index contributed by atoms with van der Waals surface area (Å²) < 4.78 is 0. The van der Waals surface area contributed by atoms with Crippen LogP contribution in [-0.2, 0) is 10.8 Å². The Hall–Kier alpha value is -2.32. The smallest absolute Gasteiger partial charge is 0.104 e. The van der Waals surface area contributed by atoms with Gasteiger partial charge in [-0.15, -0.1) is 0 Å². The Labute approximate surface area is 120 Å². The van der Waals surface area contributed by atoms with E-state index in [0.717, 1.165) is 5.56 Å². The highest BCUT2D eigenvalue weighted by Gasteiger charge is 2.34. The van der Waals surface area contributed by atoms with Gasteiger partial charge in [0.25, 0.3) is 0 Å². The highest BCUT2D eigenvalue weighted by molar-refractivity contribution is 5.51. The number of nitriles is 2. The van der Waals surface area contributed by atoms with Crippen LogP contribution >= 0.6 is 0 Å². The van der Waals surface area contributed by atoms with Crippen LogP contribution < -0.4 is 0 Å². The highest BCUT2D eigenvalue weighted by atomic mass is 14.4. The molecule has 0 bridgehead atoms. The summed E-state index contributed by atoms with van der Waals surface area (Å²) in [5, 5.41) is 18.7. The van der Waals surface area contributed by atoms with Crippen LogP contribution in [0, 0.1) is 22.7 Å². The highest BCUT2D eigenvalue weighted by Crippen LogP contribution is 2.39. The zero-order chi connectivity index (χ0) is 14.8. The molecule has 0 spiro atoms. The molecule has 0 saturated carbocycles. The van der Waals surface area contributed by atoms with Crippen molar-refractivity contribution in [2.45, 2.75) is 38.0 Å². The van der Waals surface area contributed by atoms with Gasteiger partial charge in [-0.05, 0) is 29.0 Å². The number of nitrogens with zero attached hydrogens (tertiary/aromatic N) is 2. The molecule has 1 aromatic rings. The Kier molecular flexibility index (Phi) is 3.51. The van der Waals surface area contributed by atoms with Crippen LogP contribution in [0.3, 0.4) is 0 Å². The summed E-state index contributed by atoms with van der Waals surface area (Å²) in [6.07, 6.45) is 6.03. The van der Waals surface area contributed by atoms with Crippen LogP contribution in [0.1, 0.15) is 38.3 Å². The van der Waals surface area contributed by atoms with Crippen LogP contribution in [0.5, 0.6) is 0 Å². The predicted octanol–water partition coefficient (Wildman–Crippen LogP) is 4.16. The first-order chi connectivity index (χ1) is 9.43. The van der Waals surface area contributed by atoms with Crippen LogP contribution in [-0.4, -0.2) is 0 Å². The lowest BCUT2D eigenvalue weighted by Crippen LogP contribution is -2.27. The second kappa shape index (κ2) is 4.99. The minimum Gasteiger partial charge on any atom is -0.197 e. The van der Waals surface area contributed by atoms with Gasteiger partial charge in [-0.2, -0.15) is 10.5 Å². The summed E-state index contributed by atoms with van der Waals surface area (Å²) in [6, 6.07) is 12.7. The van der Waals surface area contributed by atoms with E-state index in [2.05, 4.69) is 39.0 Å². The zero-order valence-corrected chi connectivity index (χ0v) is 12.1. The molecule has 0 aromatic heterocycles. The molecule has 0 fully saturated rings. The van der Waals surface area contributed by atoms with E-state index in [1.54, 1.807) is 6.08 Å². The third-order valence-corrected chi connectivity index (χ3v) is 3.74. The molecule has 1 aliphatic rings. The average molecular weight is 262 g/mol. The molecule has 0 radical (unpaired) electrons. The molecular formula is C18H18N2. The molecule has 1 aliphatic carbocycles. The molecule has 0 heterocycles.